The van der Waals surface area contributed by atoms with E-state index in [4.69, 9.17) is 0 Å². The van der Waals surface area contributed by atoms with Gasteiger partial charge in [0, 0.05) is 17.0 Å². The normalized spacial score (nSPS) is 16.7. The van der Waals surface area contributed by atoms with Crippen LogP contribution in [0.5, 0.6) is 5.75 Å². The van der Waals surface area contributed by atoms with Crippen molar-refractivity contribution in [3.63, 3.8) is 0 Å². The SMILES string of the molecule is CC(C)n1nc(-c2cccc(OC(F)F)c2)c2ccc(C(=O)NC3(C)CS(=O)(=O)C3)c(F)c21. The fourth-order valence-corrected chi connectivity index (χ4v) is 6.12. The van der Waals surface area contributed by atoms with Crippen LogP contribution in [0.25, 0.3) is 22.2 Å². The quantitative estimate of drug-likeness (QED) is 0.576. The number of sulfone groups is 1. The van der Waals surface area contributed by atoms with Gasteiger partial charge in [-0.1, -0.05) is 12.1 Å². The van der Waals surface area contributed by atoms with E-state index in [1.54, 1.807) is 26.8 Å². The van der Waals surface area contributed by atoms with Gasteiger partial charge in [-0.25, -0.2) is 12.8 Å². The summed E-state index contributed by atoms with van der Waals surface area (Å²) in [7, 11) is -3.20. The average Bonchev–Trinajstić information content (AvgIpc) is 3.07. The van der Waals surface area contributed by atoms with Crippen molar-refractivity contribution in [2.75, 3.05) is 11.5 Å². The Balaban J connectivity index is 1.77. The molecule has 0 aliphatic carbocycles. The maximum atomic E-state index is 15.6. The van der Waals surface area contributed by atoms with Crippen molar-refractivity contribution < 1.29 is 31.1 Å². The highest BCUT2D eigenvalue weighted by Gasteiger charge is 2.46. The number of fused-ring (bicyclic) bond motifs is 1. The zero-order chi connectivity index (χ0) is 24.1. The molecule has 11 heteroatoms. The fourth-order valence-electron chi connectivity index (χ4n) is 4.12. The summed E-state index contributed by atoms with van der Waals surface area (Å²) in [6.45, 7) is 2.18. The molecular weight excluding hydrogens is 459 g/mol. The highest BCUT2D eigenvalue weighted by Crippen LogP contribution is 2.34. The van der Waals surface area contributed by atoms with Gasteiger partial charge in [-0.2, -0.15) is 13.9 Å². The minimum absolute atomic E-state index is 0.0603. The molecule has 4 rings (SSSR count). The molecular formula is C22H22F3N3O4S. The van der Waals surface area contributed by atoms with Crippen LogP contribution in [0.1, 0.15) is 37.2 Å². The van der Waals surface area contributed by atoms with Crippen LogP contribution >= 0.6 is 0 Å². The summed E-state index contributed by atoms with van der Waals surface area (Å²) in [6, 6.07) is 8.49. The predicted molar refractivity (Wildman–Crippen MR) is 117 cm³/mol. The molecule has 176 valence electrons. The second kappa shape index (κ2) is 8.05. The second-order valence-electron chi connectivity index (χ2n) is 8.66. The Kier molecular flexibility index (Phi) is 5.63. The Morgan fingerprint density at radius 2 is 1.91 bits per heavy atom. The molecule has 1 aliphatic heterocycles. The zero-order valence-electron chi connectivity index (χ0n) is 18.1. The topological polar surface area (TPSA) is 90.3 Å². The summed E-state index contributed by atoms with van der Waals surface area (Å²) in [5.41, 5.74) is -0.315. The van der Waals surface area contributed by atoms with E-state index in [1.165, 1.54) is 35.0 Å². The first-order valence-electron chi connectivity index (χ1n) is 10.2. The van der Waals surface area contributed by atoms with Crippen molar-refractivity contribution >= 4 is 26.6 Å². The molecule has 1 saturated heterocycles. The van der Waals surface area contributed by atoms with Crippen molar-refractivity contribution in [1.29, 1.82) is 0 Å². The molecule has 1 amide bonds. The Bertz CT molecular complexity index is 1340. The maximum Gasteiger partial charge on any atom is 0.387 e. The number of halogens is 3. The summed E-state index contributed by atoms with van der Waals surface area (Å²) in [4.78, 5) is 12.8. The smallest absolute Gasteiger partial charge is 0.387 e. The molecule has 0 bridgehead atoms. The molecule has 7 nitrogen and oxygen atoms in total. The molecule has 33 heavy (non-hydrogen) atoms. The average molecular weight is 481 g/mol. The lowest BCUT2D eigenvalue weighted by Crippen LogP contribution is -2.63. The van der Waals surface area contributed by atoms with Gasteiger partial charge in [0.2, 0.25) is 0 Å². The molecule has 0 unspecified atom stereocenters. The minimum atomic E-state index is -3.20. The first-order valence-corrected chi connectivity index (χ1v) is 12.0. The van der Waals surface area contributed by atoms with E-state index in [1.807, 2.05) is 0 Å². The summed E-state index contributed by atoms with van der Waals surface area (Å²) in [5.74, 6) is -2.00. The zero-order valence-corrected chi connectivity index (χ0v) is 18.9. The number of amides is 1. The number of benzene rings is 2. The van der Waals surface area contributed by atoms with E-state index in [0.717, 1.165) is 0 Å². The van der Waals surface area contributed by atoms with Gasteiger partial charge in [-0.3, -0.25) is 9.48 Å². The van der Waals surface area contributed by atoms with Crippen molar-refractivity contribution in [3.05, 3.63) is 47.8 Å². The van der Waals surface area contributed by atoms with E-state index in [9.17, 15) is 22.0 Å². The van der Waals surface area contributed by atoms with Gasteiger partial charge in [0.1, 0.15) is 17.0 Å². The number of rotatable bonds is 6. The van der Waals surface area contributed by atoms with Gasteiger partial charge < -0.3 is 10.1 Å². The molecule has 0 radical (unpaired) electrons. The highest BCUT2D eigenvalue weighted by atomic mass is 32.2. The van der Waals surface area contributed by atoms with E-state index in [0.29, 0.717) is 16.6 Å². The monoisotopic (exact) mass is 481 g/mol. The van der Waals surface area contributed by atoms with Crippen LogP contribution in [-0.4, -0.2) is 47.8 Å². The van der Waals surface area contributed by atoms with Crippen molar-refractivity contribution in [1.82, 2.24) is 15.1 Å². The lowest BCUT2D eigenvalue weighted by atomic mass is 10.0. The van der Waals surface area contributed by atoms with Crippen LogP contribution in [0.4, 0.5) is 13.2 Å². The molecule has 1 aliphatic rings. The number of carbonyl (C=O) groups is 1. The maximum absolute atomic E-state index is 15.6. The number of carbonyl (C=O) groups excluding carboxylic acids is 1. The predicted octanol–water partition coefficient (Wildman–Crippen LogP) is 3.94. The lowest BCUT2D eigenvalue weighted by Gasteiger charge is -2.38. The Morgan fingerprint density at radius 3 is 2.52 bits per heavy atom. The van der Waals surface area contributed by atoms with Crippen molar-refractivity contribution in [3.8, 4) is 17.0 Å². The van der Waals surface area contributed by atoms with Gasteiger partial charge in [-0.15, -0.1) is 0 Å². The molecule has 1 aromatic heterocycles. The fraction of sp³-hybridized carbons (Fsp3) is 0.364. The van der Waals surface area contributed by atoms with Gasteiger partial charge in [0.25, 0.3) is 5.91 Å². The van der Waals surface area contributed by atoms with Gasteiger partial charge in [0.15, 0.2) is 15.7 Å². The van der Waals surface area contributed by atoms with Gasteiger partial charge in [0.05, 0.1) is 22.6 Å². The molecule has 1 N–H and O–H groups in total. The molecule has 3 aromatic rings. The van der Waals surface area contributed by atoms with E-state index in [2.05, 4.69) is 15.2 Å². The molecule has 2 heterocycles. The Morgan fingerprint density at radius 1 is 1.21 bits per heavy atom. The van der Waals surface area contributed by atoms with Crippen LogP contribution in [0.2, 0.25) is 0 Å². The highest BCUT2D eigenvalue weighted by molar-refractivity contribution is 7.93. The molecule has 0 atom stereocenters. The Labute approximate surface area is 188 Å². The first kappa shape index (κ1) is 23.1. The lowest BCUT2D eigenvalue weighted by molar-refractivity contribution is -0.0498. The number of ether oxygens (including phenoxy) is 1. The summed E-state index contributed by atoms with van der Waals surface area (Å²) in [5, 5.41) is 7.48. The number of hydrogen-bond donors (Lipinski definition) is 1. The largest absolute Gasteiger partial charge is 0.435 e. The number of hydrogen-bond acceptors (Lipinski definition) is 5. The van der Waals surface area contributed by atoms with E-state index >= 15 is 4.39 Å². The molecule has 1 fully saturated rings. The number of nitrogens with zero attached hydrogens (tertiary/aromatic N) is 2. The van der Waals surface area contributed by atoms with Crippen LogP contribution in [-0.2, 0) is 9.84 Å². The molecule has 0 spiro atoms. The molecule has 0 saturated carbocycles. The van der Waals surface area contributed by atoms with Gasteiger partial charge in [-0.05, 0) is 45.0 Å². The summed E-state index contributed by atoms with van der Waals surface area (Å²) >= 11 is 0. The first-order chi connectivity index (χ1) is 15.4. The van der Waals surface area contributed by atoms with Crippen LogP contribution in [0.3, 0.4) is 0 Å². The van der Waals surface area contributed by atoms with E-state index < -0.39 is 33.7 Å². The summed E-state index contributed by atoms with van der Waals surface area (Å²) in [6.07, 6.45) is 0. The number of nitrogens with one attached hydrogen (secondary N) is 1. The van der Waals surface area contributed by atoms with E-state index in [-0.39, 0.29) is 34.4 Å². The molecule has 2 aromatic carbocycles. The number of alkyl halides is 2. The van der Waals surface area contributed by atoms with Crippen molar-refractivity contribution in [2.45, 2.75) is 39.0 Å². The van der Waals surface area contributed by atoms with Crippen LogP contribution < -0.4 is 10.1 Å². The third kappa shape index (κ3) is 4.41. The second-order valence-corrected chi connectivity index (χ2v) is 10.7. The van der Waals surface area contributed by atoms with Crippen molar-refractivity contribution in [2.24, 2.45) is 0 Å². The van der Waals surface area contributed by atoms with Gasteiger partial charge >= 0.3 is 6.61 Å². The third-order valence-corrected chi connectivity index (χ3v) is 7.52. The third-order valence-electron chi connectivity index (χ3n) is 5.37. The van der Waals surface area contributed by atoms with Crippen LogP contribution in [0, 0.1) is 5.82 Å². The van der Waals surface area contributed by atoms with Crippen LogP contribution in [0.15, 0.2) is 36.4 Å². The summed E-state index contributed by atoms with van der Waals surface area (Å²) < 4.78 is 69.8. The minimum Gasteiger partial charge on any atom is -0.435 e. The Hall–Kier alpha value is -3.08. The number of aromatic nitrogens is 2. The standard InChI is InChI=1S/C22H22F3N3O4S/c1-12(2)28-19-16(18(27-28)13-5-4-6-14(9-13)32-21(24)25)8-7-15(17(19)23)20(29)26-22(3)10-33(30,31)11-22/h4-9,12,21H,10-11H2,1-3H3,(H,26,29).